The van der Waals surface area contributed by atoms with Gasteiger partial charge in [0.2, 0.25) is 0 Å². The van der Waals surface area contributed by atoms with E-state index in [1.54, 1.807) is 23.1 Å². The Bertz CT molecular complexity index is 804. The number of amides is 1. The minimum Gasteiger partial charge on any atom is -0.452 e. The number of halogens is 1. The van der Waals surface area contributed by atoms with Crippen LogP contribution in [0.4, 0.5) is 0 Å². The molecule has 6 nitrogen and oxygen atoms in total. The molecule has 1 amide bonds. The molecule has 1 aliphatic carbocycles. The summed E-state index contributed by atoms with van der Waals surface area (Å²) in [6.45, 7) is -0.390. The molecular formula is C19H24ClNO5S. The molecule has 1 aromatic rings. The van der Waals surface area contributed by atoms with Gasteiger partial charge in [-0.25, -0.2) is 13.2 Å². The van der Waals surface area contributed by atoms with Gasteiger partial charge >= 0.3 is 5.97 Å². The third kappa shape index (κ3) is 5.23. The lowest BCUT2D eigenvalue weighted by Crippen LogP contribution is -2.50. The normalized spacial score (nSPS) is 22.3. The van der Waals surface area contributed by atoms with Crippen LogP contribution in [0.3, 0.4) is 0 Å². The zero-order valence-corrected chi connectivity index (χ0v) is 16.7. The van der Waals surface area contributed by atoms with Crippen molar-refractivity contribution in [1.82, 2.24) is 4.90 Å². The number of hydrogen-bond acceptors (Lipinski definition) is 5. The van der Waals surface area contributed by atoms with E-state index in [0.717, 1.165) is 32.1 Å². The quantitative estimate of drug-likeness (QED) is 0.693. The van der Waals surface area contributed by atoms with Crippen molar-refractivity contribution in [2.24, 2.45) is 0 Å². The first-order valence-corrected chi connectivity index (χ1v) is 11.5. The van der Waals surface area contributed by atoms with Gasteiger partial charge in [-0.05, 0) is 37.5 Å². The summed E-state index contributed by atoms with van der Waals surface area (Å²) in [4.78, 5) is 26.7. The fraction of sp³-hybridized carbons (Fsp3) is 0.579. The first-order valence-electron chi connectivity index (χ1n) is 9.30. The van der Waals surface area contributed by atoms with Crippen molar-refractivity contribution < 1.29 is 22.7 Å². The highest BCUT2D eigenvalue weighted by Crippen LogP contribution is 2.28. The molecule has 1 aliphatic heterocycles. The van der Waals surface area contributed by atoms with E-state index in [9.17, 15) is 18.0 Å². The zero-order valence-electron chi connectivity index (χ0n) is 15.1. The van der Waals surface area contributed by atoms with Crippen molar-refractivity contribution in [1.29, 1.82) is 0 Å². The molecule has 1 heterocycles. The number of sulfone groups is 1. The molecular weight excluding hydrogens is 390 g/mol. The molecule has 0 bridgehead atoms. The molecule has 0 N–H and O–H groups in total. The second-order valence-corrected chi connectivity index (χ2v) is 9.90. The molecule has 0 radical (unpaired) electrons. The number of nitrogens with zero attached hydrogens (tertiary/aromatic N) is 1. The lowest BCUT2D eigenvalue weighted by Gasteiger charge is -2.38. The Kier molecular flexibility index (Phi) is 6.42. The molecule has 2 aliphatic rings. The third-order valence-electron chi connectivity index (χ3n) is 5.24. The number of carbonyl (C=O) groups is 2. The fourth-order valence-corrected chi connectivity index (χ4v) is 5.86. The highest BCUT2D eigenvalue weighted by Gasteiger charge is 2.38. The van der Waals surface area contributed by atoms with Crippen molar-refractivity contribution in [3.63, 3.8) is 0 Å². The topological polar surface area (TPSA) is 80.8 Å². The van der Waals surface area contributed by atoms with Crippen LogP contribution in [0.15, 0.2) is 24.3 Å². The molecule has 2 fully saturated rings. The van der Waals surface area contributed by atoms with Crippen LogP contribution in [0.1, 0.15) is 48.9 Å². The second-order valence-electron chi connectivity index (χ2n) is 7.24. The Balaban J connectivity index is 1.68. The fourth-order valence-electron chi connectivity index (χ4n) is 3.96. The molecule has 1 saturated heterocycles. The van der Waals surface area contributed by atoms with Crippen LogP contribution >= 0.6 is 11.6 Å². The van der Waals surface area contributed by atoms with Crippen molar-refractivity contribution in [3.05, 3.63) is 34.9 Å². The standard InChI is InChI=1S/C19H24ClNO5S/c20-15-6-4-5-14(11-15)19(23)26-12-18(22)21(16-7-2-1-3-8-16)17-9-10-27(24,25)13-17/h4-6,11,16-17H,1-3,7-10,12-13H2. The maximum atomic E-state index is 12.9. The molecule has 3 rings (SSSR count). The molecule has 27 heavy (non-hydrogen) atoms. The number of benzene rings is 1. The number of esters is 1. The predicted octanol–water partition coefficient (Wildman–Crippen LogP) is 2.85. The Hall–Kier alpha value is -1.60. The Labute approximate surface area is 164 Å². The average Bonchev–Trinajstić information content (AvgIpc) is 3.00. The maximum Gasteiger partial charge on any atom is 0.338 e. The van der Waals surface area contributed by atoms with Crippen LogP contribution in [-0.4, -0.2) is 55.4 Å². The van der Waals surface area contributed by atoms with Gasteiger partial charge in [0.05, 0.1) is 17.1 Å². The van der Waals surface area contributed by atoms with Crippen LogP contribution in [0.5, 0.6) is 0 Å². The summed E-state index contributed by atoms with van der Waals surface area (Å²) < 4.78 is 29.0. The Morgan fingerprint density at radius 3 is 2.48 bits per heavy atom. The molecule has 1 aromatic carbocycles. The first-order chi connectivity index (χ1) is 12.9. The smallest absolute Gasteiger partial charge is 0.338 e. The van der Waals surface area contributed by atoms with Crippen LogP contribution in [0, 0.1) is 0 Å². The SMILES string of the molecule is O=C(OCC(=O)N(C1CCCCC1)C1CCS(=O)(=O)C1)c1cccc(Cl)c1. The summed E-state index contributed by atoms with van der Waals surface area (Å²) in [7, 11) is -3.11. The van der Waals surface area contributed by atoms with Gasteiger partial charge in [-0.2, -0.15) is 0 Å². The van der Waals surface area contributed by atoms with Crippen molar-refractivity contribution in [2.75, 3.05) is 18.1 Å². The number of rotatable bonds is 5. The zero-order chi connectivity index (χ0) is 19.4. The summed E-state index contributed by atoms with van der Waals surface area (Å²) in [5.41, 5.74) is 0.281. The Morgan fingerprint density at radius 2 is 1.85 bits per heavy atom. The van der Waals surface area contributed by atoms with Gasteiger partial charge in [-0.3, -0.25) is 4.79 Å². The van der Waals surface area contributed by atoms with Crippen LogP contribution in [0.25, 0.3) is 0 Å². The Morgan fingerprint density at radius 1 is 1.11 bits per heavy atom. The van der Waals surface area contributed by atoms with Gasteiger partial charge in [0.15, 0.2) is 16.4 Å². The van der Waals surface area contributed by atoms with Gasteiger partial charge in [-0.15, -0.1) is 0 Å². The monoisotopic (exact) mass is 413 g/mol. The number of hydrogen-bond donors (Lipinski definition) is 0. The molecule has 8 heteroatoms. The maximum absolute atomic E-state index is 12.9. The third-order valence-corrected chi connectivity index (χ3v) is 7.23. The molecule has 1 atom stereocenters. The van der Waals surface area contributed by atoms with Crippen molar-refractivity contribution in [3.8, 4) is 0 Å². The average molecular weight is 414 g/mol. The summed E-state index contributed by atoms with van der Waals surface area (Å²) in [5, 5.41) is 0.413. The molecule has 148 valence electrons. The predicted molar refractivity (Wildman–Crippen MR) is 103 cm³/mol. The summed E-state index contributed by atoms with van der Waals surface area (Å²) >= 11 is 5.88. The lowest BCUT2D eigenvalue weighted by atomic mass is 9.93. The summed E-state index contributed by atoms with van der Waals surface area (Å²) in [6, 6.07) is 6.04. The van der Waals surface area contributed by atoms with Gasteiger partial charge in [0.1, 0.15) is 0 Å². The summed E-state index contributed by atoms with van der Waals surface area (Å²) in [6.07, 6.45) is 5.36. The van der Waals surface area contributed by atoms with Crippen LogP contribution < -0.4 is 0 Å². The molecule has 0 spiro atoms. The van der Waals surface area contributed by atoms with E-state index in [2.05, 4.69) is 0 Å². The number of carbonyl (C=O) groups excluding carboxylic acids is 2. The largest absolute Gasteiger partial charge is 0.452 e. The first kappa shape index (κ1) is 20.1. The van der Waals surface area contributed by atoms with E-state index in [1.807, 2.05) is 0 Å². The van der Waals surface area contributed by atoms with Crippen molar-refractivity contribution in [2.45, 2.75) is 50.6 Å². The summed E-state index contributed by atoms with van der Waals surface area (Å²) in [5.74, 6) is -0.832. The van der Waals surface area contributed by atoms with Gasteiger partial charge in [-0.1, -0.05) is 36.9 Å². The van der Waals surface area contributed by atoms with Crippen molar-refractivity contribution >= 4 is 33.3 Å². The second kappa shape index (κ2) is 8.61. The van der Waals surface area contributed by atoms with E-state index in [1.165, 1.54) is 6.07 Å². The lowest BCUT2D eigenvalue weighted by molar-refractivity contribution is -0.140. The van der Waals surface area contributed by atoms with Crippen LogP contribution in [0.2, 0.25) is 5.02 Å². The minimum atomic E-state index is -3.11. The number of ether oxygens (including phenoxy) is 1. The van der Waals surface area contributed by atoms with Gasteiger partial charge in [0, 0.05) is 17.1 Å². The molecule has 1 saturated carbocycles. The van der Waals surface area contributed by atoms with Gasteiger partial charge in [0.25, 0.3) is 5.91 Å². The van der Waals surface area contributed by atoms with E-state index >= 15 is 0 Å². The van der Waals surface area contributed by atoms with E-state index in [0.29, 0.717) is 11.4 Å². The highest BCUT2D eigenvalue weighted by molar-refractivity contribution is 7.91. The molecule has 0 aromatic heterocycles. The van der Waals surface area contributed by atoms with E-state index in [-0.39, 0.29) is 35.1 Å². The van der Waals surface area contributed by atoms with E-state index < -0.39 is 22.4 Å². The van der Waals surface area contributed by atoms with Crippen LogP contribution in [-0.2, 0) is 19.4 Å². The highest BCUT2D eigenvalue weighted by atomic mass is 35.5. The minimum absolute atomic E-state index is 0.00250. The molecule has 1 unspecified atom stereocenters. The van der Waals surface area contributed by atoms with E-state index in [4.69, 9.17) is 16.3 Å². The van der Waals surface area contributed by atoms with Gasteiger partial charge < -0.3 is 9.64 Å².